The summed E-state index contributed by atoms with van der Waals surface area (Å²) in [5.74, 6) is -0.159. The predicted octanol–water partition coefficient (Wildman–Crippen LogP) is 2.40. The SMILES string of the molecule is Nc1ccc(Br)cc1C(=O)NCCc1ccncc1. The van der Waals surface area contributed by atoms with Crippen LogP contribution in [-0.4, -0.2) is 17.4 Å². The molecule has 3 N–H and O–H groups in total. The molecule has 0 aliphatic rings. The van der Waals surface area contributed by atoms with E-state index in [1.54, 1.807) is 24.5 Å². The van der Waals surface area contributed by atoms with Gasteiger partial charge in [0.1, 0.15) is 0 Å². The summed E-state index contributed by atoms with van der Waals surface area (Å²) >= 11 is 3.33. The van der Waals surface area contributed by atoms with Gasteiger partial charge in [-0.25, -0.2) is 0 Å². The molecule has 2 aromatic rings. The number of anilines is 1. The van der Waals surface area contributed by atoms with E-state index in [4.69, 9.17) is 5.73 Å². The maximum absolute atomic E-state index is 12.0. The molecule has 0 spiro atoms. The zero-order valence-electron chi connectivity index (χ0n) is 10.3. The van der Waals surface area contributed by atoms with Crippen molar-refractivity contribution in [3.8, 4) is 0 Å². The molecule has 0 unspecified atom stereocenters. The van der Waals surface area contributed by atoms with Crippen molar-refractivity contribution in [2.24, 2.45) is 0 Å². The Morgan fingerprint density at radius 2 is 2.00 bits per heavy atom. The van der Waals surface area contributed by atoms with Gasteiger partial charge in [0.2, 0.25) is 0 Å². The zero-order valence-corrected chi connectivity index (χ0v) is 11.9. The van der Waals surface area contributed by atoms with Crippen LogP contribution in [0, 0.1) is 0 Å². The Hall–Kier alpha value is -1.88. The second-order valence-corrected chi connectivity index (χ2v) is 5.01. The number of pyridine rings is 1. The average Bonchev–Trinajstić information content (AvgIpc) is 2.42. The Kier molecular flexibility index (Phi) is 4.52. The number of hydrogen-bond donors (Lipinski definition) is 2. The smallest absolute Gasteiger partial charge is 0.253 e. The van der Waals surface area contributed by atoms with Crippen molar-refractivity contribution in [2.75, 3.05) is 12.3 Å². The second-order valence-electron chi connectivity index (χ2n) is 4.09. The van der Waals surface area contributed by atoms with E-state index in [0.29, 0.717) is 17.8 Å². The van der Waals surface area contributed by atoms with Crippen LogP contribution < -0.4 is 11.1 Å². The van der Waals surface area contributed by atoms with Gasteiger partial charge in [-0.2, -0.15) is 0 Å². The van der Waals surface area contributed by atoms with Gasteiger partial charge in [-0.1, -0.05) is 15.9 Å². The lowest BCUT2D eigenvalue weighted by molar-refractivity contribution is 0.0955. The van der Waals surface area contributed by atoms with Crippen molar-refractivity contribution in [3.05, 3.63) is 58.3 Å². The number of rotatable bonds is 4. The van der Waals surface area contributed by atoms with Crippen molar-refractivity contribution < 1.29 is 4.79 Å². The first-order chi connectivity index (χ1) is 9.16. The molecule has 0 aliphatic carbocycles. The van der Waals surface area contributed by atoms with Crippen molar-refractivity contribution >= 4 is 27.5 Å². The summed E-state index contributed by atoms with van der Waals surface area (Å²) in [7, 11) is 0. The van der Waals surface area contributed by atoms with Gasteiger partial charge >= 0.3 is 0 Å². The highest BCUT2D eigenvalue weighted by atomic mass is 79.9. The lowest BCUT2D eigenvalue weighted by Crippen LogP contribution is -2.26. The Balaban J connectivity index is 1.93. The Morgan fingerprint density at radius 3 is 2.74 bits per heavy atom. The van der Waals surface area contributed by atoms with Crippen molar-refractivity contribution in [3.63, 3.8) is 0 Å². The van der Waals surface area contributed by atoms with E-state index in [-0.39, 0.29) is 5.91 Å². The van der Waals surface area contributed by atoms with Gasteiger partial charge < -0.3 is 11.1 Å². The lowest BCUT2D eigenvalue weighted by Gasteiger charge is -2.08. The van der Waals surface area contributed by atoms with Gasteiger partial charge in [0.05, 0.1) is 5.56 Å². The van der Waals surface area contributed by atoms with Gasteiger partial charge in [-0.3, -0.25) is 9.78 Å². The van der Waals surface area contributed by atoms with Crippen molar-refractivity contribution in [2.45, 2.75) is 6.42 Å². The topological polar surface area (TPSA) is 68.0 Å². The largest absolute Gasteiger partial charge is 0.398 e. The van der Waals surface area contributed by atoms with Crippen LogP contribution in [-0.2, 0) is 6.42 Å². The molecule has 0 saturated heterocycles. The highest BCUT2D eigenvalue weighted by Gasteiger charge is 2.09. The molecule has 0 radical (unpaired) electrons. The molecule has 0 saturated carbocycles. The normalized spacial score (nSPS) is 10.2. The third-order valence-electron chi connectivity index (χ3n) is 2.71. The molecule has 0 bridgehead atoms. The van der Waals surface area contributed by atoms with E-state index in [2.05, 4.69) is 26.2 Å². The molecule has 19 heavy (non-hydrogen) atoms. The molecule has 5 heteroatoms. The number of nitrogens with zero attached hydrogens (tertiary/aromatic N) is 1. The van der Waals surface area contributed by atoms with Crippen molar-refractivity contribution in [1.29, 1.82) is 0 Å². The molecular weight excluding hydrogens is 306 g/mol. The zero-order chi connectivity index (χ0) is 13.7. The average molecular weight is 320 g/mol. The van der Waals surface area contributed by atoms with E-state index < -0.39 is 0 Å². The first-order valence-electron chi connectivity index (χ1n) is 5.89. The fourth-order valence-electron chi connectivity index (χ4n) is 1.69. The number of halogens is 1. The predicted molar refractivity (Wildman–Crippen MR) is 78.8 cm³/mol. The molecule has 2 rings (SSSR count). The third kappa shape index (κ3) is 3.79. The van der Waals surface area contributed by atoms with Gasteiger partial charge in [-0.05, 0) is 42.3 Å². The Bertz CT molecular complexity index is 572. The highest BCUT2D eigenvalue weighted by molar-refractivity contribution is 9.10. The molecule has 0 atom stereocenters. The van der Waals surface area contributed by atoms with E-state index in [1.165, 1.54) is 0 Å². The summed E-state index contributed by atoms with van der Waals surface area (Å²) in [4.78, 5) is 15.9. The molecule has 4 nitrogen and oxygen atoms in total. The molecule has 1 aromatic heterocycles. The fourth-order valence-corrected chi connectivity index (χ4v) is 2.05. The first-order valence-corrected chi connectivity index (χ1v) is 6.68. The number of carbonyl (C=O) groups is 1. The van der Waals surface area contributed by atoms with Crippen LogP contribution in [0.5, 0.6) is 0 Å². The Morgan fingerprint density at radius 1 is 1.26 bits per heavy atom. The van der Waals surface area contributed by atoms with Crippen LogP contribution in [0.25, 0.3) is 0 Å². The van der Waals surface area contributed by atoms with Crippen LogP contribution in [0.15, 0.2) is 47.2 Å². The molecule has 1 aromatic carbocycles. The van der Waals surface area contributed by atoms with Gasteiger partial charge in [0.15, 0.2) is 0 Å². The summed E-state index contributed by atoms with van der Waals surface area (Å²) in [6.45, 7) is 0.564. The number of nitrogen functional groups attached to an aromatic ring is 1. The maximum Gasteiger partial charge on any atom is 0.253 e. The summed E-state index contributed by atoms with van der Waals surface area (Å²) in [5.41, 5.74) is 7.89. The number of carbonyl (C=O) groups excluding carboxylic acids is 1. The standard InChI is InChI=1S/C14H14BrN3O/c15-11-1-2-13(16)12(9-11)14(19)18-8-5-10-3-6-17-7-4-10/h1-4,6-7,9H,5,8,16H2,(H,18,19). The molecule has 98 valence electrons. The van der Waals surface area contributed by atoms with Gasteiger partial charge in [0.25, 0.3) is 5.91 Å². The number of benzene rings is 1. The number of nitrogens with two attached hydrogens (primary N) is 1. The van der Waals surface area contributed by atoms with Crippen LogP contribution in [0.4, 0.5) is 5.69 Å². The van der Waals surface area contributed by atoms with Crippen LogP contribution in [0.1, 0.15) is 15.9 Å². The summed E-state index contributed by atoms with van der Waals surface area (Å²) in [6, 6.07) is 9.10. The van der Waals surface area contributed by atoms with E-state index >= 15 is 0 Å². The van der Waals surface area contributed by atoms with Gasteiger partial charge in [0, 0.05) is 29.1 Å². The minimum absolute atomic E-state index is 0.159. The molecule has 1 amide bonds. The molecule has 1 heterocycles. The molecule has 0 aliphatic heterocycles. The highest BCUT2D eigenvalue weighted by Crippen LogP contribution is 2.18. The summed E-state index contributed by atoms with van der Waals surface area (Å²) in [6.07, 6.45) is 4.25. The van der Waals surface area contributed by atoms with Crippen molar-refractivity contribution in [1.82, 2.24) is 10.3 Å². The van der Waals surface area contributed by atoms with Gasteiger partial charge in [-0.15, -0.1) is 0 Å². The number of hydrogen-bond acceptors (Lipinski definition) is 3. The minimum atomic E-state index is -0.159. The third-order valence-corrected chi connectivity index (χ3v) is 3.20. The summed E-state index contributed by atoms with van der Waals surface area (Å²) in [5, 5.41) is 2.86. The van der Waals surface area contributed by atoms with E-state index in [9.17, 15) is 4.79 Å². The van der Waals surface area contributed by atoms with Crippen LogP contribution in [0.2, 0.25) is 0 Å². The number of aromatic nitrogens is 1. The Labute approximate surface area is 120 Å². The molecule has 0 fully saturated rings. The first kappa shape index (κ1) is 13.5. The lowest BCUT2D eigenvalue weighted by atomic mass is 10.1. The molecular formula is C14H14BrN3O. The minimum Gasteiger partial charge on any atom is -0.398 e. The summed E-state index contributed by atoms with van der Waals surface area (Å²) < 4.78 is 0.834. The monoisotopic (exact) mass is 319 g/mol. The number of amides is 1. The maximum atomic E-state index is 12.0. The van der Waals surface area contributed by atoms with Crippen LogP contribution in [0.3, 0.4) is 0 Å². The van der Waals surface area contributed by atoms with Crippen LogP contribution >= 0.6 is 15.9 Å². The fraction of sp³-hybridized carbons (Fsp3) is 0.143. The van der Waals surface area contributed by atoms with E-state index in [1.807, 2.05) is 18.2 Å². The quantitative estimate of drug-likeness (QED) is 0.850. The number of nitrogens with one attached hydrogen (secondary N) is 1. The second kappa shape index (κ2) is 6.33. The van der Waals surface area contributed by atoms with E-state index in [0.717, 1.165) is 16.5 Å².